The van der Waals surface area contributed by atoms with Crippen molar-refractivity contribution in [3.63, 3.8) is 0 Å². The first-order valence-electron chi connectivity index (χ1n) is 8.17. The molecule has 1 aliphatic rings. The molecule has 0 radical (unpaired) electrons. The van der Waals surface area contributed by atoms with E-state index in [-0.39, 0.29) is 5.78 Å². The highest BCUT2D eigenvalue weighted by atomic mass is 16.6. The minimum atomic E-state index is -1.20. The second kappa shape index (κ2) is 7.40. The molecule has 0 bridgehead atoms. The minimum absolute atomic E-state index is 0.0519. The summed E-state index contributed by atoms with van der Waals surface area (Å²) in [4.78, 5) is 25.6. The van der Waals surface area contributed by atoms with Crippen molar-refractivity contribution in [3.8, 4) is 0 Å². The van der Waals surface area contributed by atoms with Crippen LogP contribution in [0.4, 0.5) is 0 Å². The molecule has 1 aliphatic carbocycles. The van der Waals surface area contributed by atoms with Gasteiger partial charge in [0.05, 0.1) is 6.10 Å². The van der Waals surface area contributed by atoms with Crippen LogP contribution in [0.5, 0.6) is 0 Å². The highest BCUT2D eigenvalue weighted by molar-refractivity contribution is 6.05. The molecule has 1 saturated carbocycles. The fourth-order valence-electron chi connectivity index (χ4n) is 2.87. The molecule has 0 aliphatic heterocycles. The number of hydrogen-bond donors (Lipinski definition) is 0. The topological polar surface area (TPSA) is 52.6 Å². The molecular weight excluding hydrogens is 280 g/mol. The number of carbonyl (C=O) groups is 2. The lowest BCUT2D eigenvalue weighted by atomic mass is 9.68. The fourth-order valence-corrected chi connectivity index (χ4v) is 2.87. The Morgan fingerprint density at radius 3 is 2.41 bits per heavy atom. The number of allylic oxidation sites excluding steroid dienone is 1. The quantitative estimate of drug-likeness (QED) is 0.440. The molecule has 0 saturated heterocycles. The maximum atomic E-state index is 12.9. The van der Waals surface area contributed by atoms with Crippen molar-refractivity contribution in [3.05, 3.63) is 11.6 Å². The summed E-state index contributed by atoms with van der Waals surface area (Å²) in [6.07, 6.45) is 3.91. The summed E-state index contributed by atoms with van der Waals surface area (Å²) >= 11 is 0. The third-order valence-electron chi connectivity index (χ3n) is 3.80. The summed E-state index contributed by atoms with van der Waals surface area (Å²) in [6, 6.07) is 0. The standard InChI is InChI=1S/C18H30O4/c1-7-21-15(12-13(2)3)18(11-9-8-10-14(18)19)16(20)22-17(4,5)6/h12,15H,7-11H2,1-6H3/t15-,18-/m0/s1. The molecule has 0 heterocycles. The number of esters is 1. The SMILES string of the molecule is CCO[C@@H](C=C(C)C)[C@]1(C(=O)OC(C)(C)C)CCCCC1=O. The van der Waals surface area contributed by atoms with E-state index in [4.69, 9.17) is 9.47 Å². The van der Waals surface area contributed by atoms with Crippen molar-refractivity contribution in [1.82, 2.24) is 0 Å². The summed E-state index contributed by atoms with van der Waals surface area (Å²) in [7, 11) is 0. The summed E-state index contributed by atoms with van der Waals surface area (Å²) in [6.45, 7) is 11.7. The zero-order valence-electron chi connectivity index (χ0n) is 14.8. The van der Waals surface area contributed by atoms with Crippen molar-refractivity contribution in [2.24, 2.45) is 5.41 Å². The largest absolute Gasteiger partial charge is 0.459 e. The lowest BCUT2D eigenvalue weighted by molar-refractivity contribution is -0.180. The van der Waals surface area contributed by atoms with Crippen LogP contribution in [0.15, 0.2) is 11.6 Å². The number of Topliss-reactive ketones (excluding diaryl/α,β-unsaturated/α-hetero) is 1. The smallest absolute Gasteiger partial charge is 0.323 e. The van der Waals surface area contributed by atoms with Crippen LogP contribution in [0.3, 0.4) is 0 Å². The van der Waals surface area contributed by atoms with Gasteiger partial charge in [0.2, 0.25) is 0 Å². The minimum Gasteiger partial charge on any atom is -0.459 e. The van der Waals surface area contributed by atoms with Gasteiger partial charge in [0.15, 0.2) is 11.2 Å². The second-order valence-corrected chi connectivity index (χ2v) is 7.22. The van der Waals surface area contributed by atoms with Gasteiger partial charge >= 0.3 is 5.97 Å². The fraction of sp³-hybridized carbons (Fsp3) is 0.778. The molecule has 4 nitrogen and oxygen atoms in total. The molecule has 0 aromatic carbocycles. The monoisotopic (exact) mass is 310 g/mol. The van der Waals surface area contributed by atoms with Gasteiger partial charge in [-0.25, -0.2) is 0 Å². The third kappa shape index (κ3) is 4.42. The van der Waals surface area contributed by atoms with E-state index in [9.17, 15) is 9.59 Å². The molecule has 0 aromatic rings. The van der Waals surface area contributed by atoms with E-state index < -0.39 is 23.1 Å². The molecule has 0 aromatic heterocycles. The zero-order chi connectivity index (χ0) is 17.0. The predicted molar refractivity (Wildman–Crippen MR) is 86.6 cm³/mol. The van der Waals surface area contributed by atoms with Gasteiger partial charge in [-0.1, -0.05) is 18.1 Å². The molecule has 1 fully saturated rings. The maximum absolute atomic E-state index is 12.9. The van der Waals surface area contributed by atoms with Crippen molar-refractivity contribution < 1.29 is 19.1 Å². The van der Waals surface area contributed by atoms with Crippen LogP contribution in [-0.2, 0) is 19.1 Å². The Balaban J connectivity index is 3.28. The summed E-state index contributed by atoms with van der Waals surface area (Å²) in [5, 5.41) is 0. The molecule has 0 spiro atoms. The highest BCUT2D eigenvalue weighted by Crippen LogP contribution is 2.41. The molecule has 4 heteroatoms. The number of ether oxygens (including phenoxy) is 2. The van der Waals surface area contributed by atoms with E-state index in [1.54, 1.807) is 0 Å². The Hall–Kier alpha value is -1.16. The zero-order valence-corrected chi connectivity index (χ0v) is 14.8. The molecule has 22 heavy (non-hydrogen) atoms. The van der Waals surface area contributed by atoms with Crippen molar-refractivity contribution in [2.45, 2.75) is 78.9 Å². The first kappa shape index (κ1) is 18.9. The van der Waals surface area contributed by atoms with Crippen LogP contribution in [0.25, 0.3) is 0 Å². The lowest BCUT2D eigenvalue weighted by Crippen LogP contribution is -2.53. The van der Waals surface area contributed by atoms with Gasteiger partial charge < -0.3 is 9.47 Å². The Bertz CT molecular complexity index is 440. The lowest BCUT2D eigenvalue weighted by Gasteiger charge is -2.40. The summed E-state index contributed by atoms with van der Waals surface area (Å²) in [5.74, 6) is -0.496. The number of ketones is 1. The van der Waals surface area contributed by atoms with Crippen LogP contribution >= 0.6 is 0 Å². The van der Waals surface area contributed by atoms with Crippen molar-refractivity contribution in [1.29, 1.82) is 0 Å². The normalized spacial score (nSPS) is 23.8. The van der Waals surface area contributed by atoms with Gasteiger partial charge in [-0.05, 0) is 54.4 Å². The van der Waals surface area contributed by atoms with Crippen LogP contribution in [0.1, 0.15) is 67.2 Å². The Morgan fingerprint density at radius 2 is 1.95 bits per heavy atom. The third-order valence-corrected chi connectivity index (χ3v) is 3.80. The van der Waals surface area contributed by atoms with E-state index in [1.807, 2.05) is 47.6 Å². The van der Waals surface area contributed by atoms with Crippen LogP contribution < -0.4 is 0 Å². The van der Waals surface area contributed by atoms with E-state index >= 15 is 0 Å². The molecule has 0 unspecified atom stereocenters. The molecule has 0 amide bonds. The van der Waals surface area contributed by atoms with Gasteiger partial charge in [0.25, 0.3) is 0 Å². The number of carbonyl (C=O) groups excluding carboxylic acids is 2. The summed E-state index contributed by atoms with van der Waals surface area (Å²) < 4.78 is 11.4. The second-order valence-electron chi connectivity index (χ2n) is 7.22. The highest BCUT2D eigenvalue weighted by Gasteiger charge is 2.54. The molecule has 0 N–H and O–H groups in total. The molecule has 2 atom stereocenters. The first-order valence-corrected chi connectivity index (χ1v) is 8.17. The van der Waals surface area contributed by atoms with Crippen LogP contribution in [0, 0.1) is 5.41 Å². The molecular formula is C18H30O4. The van der Waals surface area contributed by atoms with Crippen molar-refractivity contribution in [2.75, 3.05) is 6.61 Å². The van der Waals surface area contributed by atoms with E-state index in [2.05, 4.69) is 0 Å². The first-order chi connectivity index (χ1) is 10.1. The van der Waals surface area contributed by atoms with Gasteiger partial charge in [0.1, 0.15) is 5.60 Å². The molecule has 1 rings (SSSR count). The average molecular weight is 310 g/mol. The van der Waals surface area contributed by atoms with Crippen LogP contribution in [-0.4, -0.2) is 30.1 Å². The van der Waals surface area contributed by atoms with Crippen LogP contribution in [0.2, 0.25) is 0 Å². The van der Waals surface area contributed by atoms with E-state index in [1.165, 1.54) is 0 Å². The average Bonchev–Trinajstić information content (AvgIpc) is 2.36. The van der Waals surface area contributed by atoms with Gasteiger partial charge in [-0.3, -0.25) is 9.59 Å². The number of hydrogen-bond acceptors (Lipinski definition) is 4. The Morgan fingerprint density at radius 1 is 1.32 bits per heavy atom. The van der Waals surface area contributed by atoms with E-state index in [0.717, 1.165) is 18.4 Å². The van der Waals surface area contributed by atoms with Gasteiger partial charge in [0, 0.05) is 13.0 Å². The number of rotatable bonds is 5. The molecule has 126 valence electrons. The predicted octanol–water partition coefficient (Wildman–Crippen LogP) is 3.83. The van der Waals surface area contributed by atoms with Gasteiger partial charge in [-0.2, -0.15) is 0 Å². The Kier molecular flexibility index (Phi) is 6.36. The van der Waals surface area contributed by atoms with E-state index in [0.29, 0.717) is 19.4 Å². The maximum Gasteiger partial charge on any atom is 0.323 e. The van der Waals surface area contributed by atoms with Crippen molar-refractivity contribution >= 4 is 11.8 Å². The Labute approximate surface area is 134 Å². The summed E-state index contributed by atoms with van der Waals surface area (Å²) in [5.41, 5.74) is -0.790. The van der Waals surface area contributed by atoms with Gasteiger partial charge in [-0.15, -0.1) is 0 Å².